The fraction of sp³-hybridized carbons (Fsp3) is 0.273. The summed E-state index contributed by atoms with van der Waals surface area (Å²) in [4.78, 5) is 16.8. The number of anilines is 1. The third-order valence-electron chi connectivity index (χ3n) is 4.95. The molecular formula is C22H19ClF5N3O3. The molecule has 0 aliphatic heterocycles. The van der Waals surface area contributed by atoms with Gasteiger partial charge in [0.1, 0.15) is 29.8 Å². The zero-order valence-electron chi connectivity index (χ0n) is 17.9. The van der Waals surface area contributed by atoms with Gasteiger partial charge in [0.2, 0.25) is 0 Å². The molecule has 0 aliphatic carbocycles. The molecule has 0 aliphatic rings. The van der Waals surface area contributed by atoms with E-state index in [1.807, 2.05) is 0 Å². The third-order valence-corrected chi connectivity index (χ3v) is 5.27. The zero-order valence-corrected chi connectivity index (χ0v) is 18.6. The van der Waals surface area contributed by atoms with Gasteiger partial charge in [0, 0.05) is 12.1 Å². The molecule has 0 unspecified atom stereocenters. The van der Waals surface area contributed by atoms with Crippen LogP contribution in [-0.4, -0.2) is 32.8 Å². The summed E-state index contributed by atoms with van der Waals surface area (Å²) < 4.78 is 75.2. The SMILES string of the molecule is CCn1c(-c2cc(O[C@@H](C)C(F)(F)F)c(C(=O)Nc3c(F)cccc3Cl)cc2F)cnc1CO. The number of halogens is 6. The minimum atomic E-state index is -4.79. The van der Waals surface area contributed by atoms with E-state index in [2.05, 4.69) is 10.3 Å². The van der Waals surface area contributed by atoms with Crippen molar-refractivity contribution >= 4 is 23.2 Å². The molecule has 0 fully saturated rings. The number of carbonyl (C=O) groups excluding carboxylic acids is 1. The van der Waals surface area contributed by atoms with Gasteiger partial charge in [-0.15, -0.1) is 0 Å². The molecule has 0 saturated carbocycles. The Morgan fingerprint density at radius 1 is 1.26 bits per heavy atom. The molecule has 1 amide bonds. The number of amides is 1. The van der Waals surface area contributed by atoms with E-state index in [-0.39, 0.29) is 28.6 Å². The minimum Gasteiger partial charge on any atom is -0.480 e. The van der Waals surface area contributed by atoms with Crippen LogP contribution >= 0.6 is 11.6 Å². The van der Waals surface area contributed by atoms with Gasteiger partial charge in [0.15, 0.2) is 6.10 Å². The molecule has 2 aromatic carbocycles. The number of rotatable bonds is 7. The lowest BCUT2D eigenvalue weighted by Crippen LogP contribution is -2.32. The Hall–Kier alpha value is -3.18. The lowest BCUT2D eigenvalue weighted by Gasteiger charge is -2.21. The lowest BCUT2D eigenvalue weighted by molar-refractivity contribution is -0.189. The predicted molar refractivity (Wildman–Crippen MR) is 115 cm³/mol. The average molecular weight is 504 g/mol. The van der Waals surface area contributed by atoms with Crippen LogP contribution in [0.5, 0.6) is 5.75 Å². The number of aromatic nitrogens is 2. The van der Waals surface area contributed by atoms with E-state index in [0.29, 0.717) is 6.07 Å². The summed E-state index contributed by atoms with van der Waals surface area (Å²) in [7, 11) is 0. The van der Waals surface area contributed by atoms with Crippen LogP contribution < -0.4 is 10.1 Å². The number of aliphatic hydroxyl groups is 1. The second kappa shape index (κ2) is 9.98. The van der Waals surface area contributed by atoms with Gasteiger partial charge in [0.25, 0.3) is 5.91 Å². The fourth-order valence-electron chi connectivity index (χ4n) is 3.19. The van der Waals surface area contributed by atoms with Crippen molar-refractivity contribution in [3.05, 3.63) is 64.6 Å². The van der Waals surface area contributed by atoms with Gasteiger partial charge in [-0.2, -0.15) is 13.2 Å². The Morgan fingerprint density at radius 3 is 2.56 bits per heavy atom. The van der Waals surface area contributed by atoms with Crippen LogP contribution in [0.3, 0.4) is 0 Å². The Labute approximate surface area is 195 Å². The predicted octanol–water partition coefficient (Wildman–Crippen LogP) is 5.58. The molecule has 1 heterocycles. The molecule has 12 heteroatoms. The van der Waals surface area contributed by atoms with Gasteiger partial charge in [0.05, 0.1) is 28.2 Å². The van der Waals surface area contributed by atoms with Crippen LogP contribution in [0.1, 0.15) is 30.0 Å². The molecule has 34 heavy (non-hydrogen) atoms. The first kappa shape index (κ1) is 25.4. The number of aliphatic hydroxyl groups excluding tert-OH is 1. The zero-order chi connectivity index (χ0) is 25.2. The first-order valence-corrected chi connectivity index (χ1v) is 10.3. The third kappa shape index (κ3) is 5.15. The minimum absolute atomic E-state index is 0.151. The summed E-state index contributed by atoms with van der Waals surface area (Å²) in [6.07, 6.45) is -5.89. The van der Waals surface area contributed by atoms with E-state index in [1.165, 1.54) is 22.9 Å². The standard InChI is InChI=1S/C22H19ClF5N3O3/c1-3-31-17(9-29-19(31)10-32)12-8-18(34-11(2)22(26,27)28)13(7-16(12)25)21(33)30-20-14(23)5-4-6-15(20)24/h4-9,11,32H,3,10H2,1-2H3,(H,30,33)/t11-/m0/s1. The largest absolute Gasteiger partial charge is 0.480 e. The maximum Gasteiger partial charge on any atom is 0.425 e. The Kier molecular flexibility index (Phi) is 7.47. The van der Waals surface area contributed by atoms with Crippen molar-refractivity contribution < 1.29 is 36.6 Å². The number of ether oxygens (including phenoxy) is 1. The number of imidazole rings is 1. The van der Waals surface area contributed by atoms with Crippen LogP contribution in [0.4, 0.5) is 27.6 Å². The summed E-state index contributed by atoms with van der Waals surface area (Å²) >= 11 is 5.89. The smallest absolute Gasteiger partial charge is 0.425 e. The van der Waals surface area contributed by atoms with E-state index in [9.17, 15) is 27.5 Å². The highest BCUT2D eigenvalue weighted by molar-refractivity contribution is 6.34. The van der Waals surface area contributed by atoms with Gasteiger partial charge in [-0.25, -0.2) is 13.8 Å². The van der Waals surface area contributed by atoms with E-state index in [0.717, 1.165) is 19.1 Å². The molecule has 0 spiro atoms. The van der Waals surface area contributed by atoms with Crippen molar-refractivity contribution in [3.8, 4) is 17.0 Å². The summed E-state index contributed by atoms with van der Waals surface area (Å²) in [5.41, 5.74) is -1.09. The van der Waals surface area contributed by atoms with E-state index < -0.39 is 53.4 Å². The topological polar surface area (TPSA) is 76.4 Å². The molecule has 3 aromatic rings. The Morgan fingerprint density at radius 2 is 1.97 bits per heavy atom. The molecule has 182 valence electrons. The lowest BCUT2D eigenvalue weighted by atomic mass is 10.1. The van der Waals surface area contributed by atoms with Crippen molar-refractivity contribution in [3.63, 3.8) is 0 Å². The summed E-state index contributed by atoms with van der Waals surface area (Å²) in [5, 5.41) is 11.4. The number of carbonyl (C=O) groups is 1. The molecule has 0 bridgehead atoms. The Balaban J connectivity index is 2.13. The molecule has 1 aromatic heterocycles. The highest BCUT2D eigenvalue weighted by atomic mass is 35.5. The number of para-hydroxylation sites is 1. The molecule has 2 N–H and O–H groups in total. The average Bonchev–Trinajstić information content (AvgIpc) is 3.19. The molecule has 0 radical (unpaired) electrons. The molecular weight excluding hydrogens is 485 g/mol. The van der Waals surface area contributed by atoms with Crippen molar-refractivity contribution in [2.24, 2.45) is 0 Å². The molecule has 0 saturated heterocycles. The second-order valence-electron chi connectivity index (χ2n) is 7.14. The maximum absolute atomic E-state index is 15.1. The monoisotopic (exact) mass is 503 g/mol. The quantitative estimate of drug-likeness (QED) is 0.413. The number of alkyl halides is 3. The first-order valence-electron chi connectivity index (χ1n) is 9.95. The highest BCUT2D eigenvalue weighted by Gasteiger charge is 2.39. The summed E-state index contributed by atoms with van der Waals surface area (Å²) in [6, 6.07) is 5.21. The summed E-state index contributed by atoms with van der Waals surface area (Å²) in [6.45, 7) is 2.24. The molecule has 6 nitrogen and oxygen atoms in total. The van der Waals surface area contributed by atoms with Gasteiger partial charge in [-0.05, 0) is 38.1 Å². The fourth-order valence-corrected chi connectivity index (χ4v) is 3.40. The van der Waals surface area contributed by atoms with Crippen molar-refractivity contribution in [2.45, 2.75) is 39.3 Å². The summed E-state index contributed by atoms with van der Waals surface area (Å²) in [5.74, 6) is -3.40. The van der Waals surface area contributed by atoms with Crippen LogP contribution in [-0.2, 0) is 13.2 Å². The molecule has 3 rings (SSSR count). The Bertz CT molecular complexity index is 1190. The number of hydrogen-bond acceptors (Lipinski definition) is 4. The second-order valence-corrected chi connectivity index (χ2v) is 7.55. The van der Waals surface area contributed by atoms with E-state index in [1.54, 1.807) is 6.92 Å². The van der Waals surface area contributed by atoms with Gasteiger partial charge in [-0.3, -0.25) is 4.79 Å². The number of nitrogens with one attached hydrogen (secondary N) is 1. The molecule has 1 atom stereocenters. The van der Waals surface area contributed by atoms with Crippen molar-refractivity contribution in [1.29, 1.82) is 0 Å². The van der Waals surface area contributed by atoms with Gasteiger partial charge < -0.3 is 19.7 Å². The number of nitrogens with zero attached hydrogens (tertiary/aromatic N) is 2. The van der Waals surface area contributed by atoms with Crippen LogP contribution in [0, 0.1) is 11.6 Å². The van der Waals surface area contributed by atoms with Crippen molar-refractivity contribution in [1.82, 2.24) is 9.55 Å². The first-order chi connectivity index (χ1) is 16.0. The number of benzene rings is 2. The van der Waals surface area contributed by atoms with Gasteiger partial charge >= 0.3 is 6.18 Å². The van der Waals surface area contributed by atoms with Crippen LogP contribution in [0.2, 0.25) is 5.02 Å². The highest BCUT2D eigenvalue weighted by Crippen LogP contribution is 2.35. The maximum atomic E-state index is 15.1. The van der Waals surface area contributed by atoms with Crippen molar-refractivity contribution in [2.75, 3.05) is 5.32 Å². The van der Waals surface area contributed by atoms with Gasteiger partial charge in [-0.1, -0.05) is 17.7 Å². The normalized spacial score (nSPS) is 12.5. The van der Waals surface area contributed by atoms with E-state index >= 15 is 4.39 Å². The number of hydrogen-bond donors (Lipinski definition) is 2. The van der Waals surface area contributed by atoms with Crippen LogP contribution in [0.15, 0.2) is 36.5 Å². The van der Waals surface area contributed by atoms with E-state index in [4.69, 9.17) is 16.3 Å². The van der Waals surface area contributed by atoms with Crippen LogP contribution in [0.25, 0.3) is 11.3 Å².